The summed E-state index contributed by atoms with van der Waals surface area (Å²) in [7, 11) is -1.84. The van der Waals surface area contributed by atoms with Crippen LogP contribution in [-0.4, -0.2) is 69.9 Å². The minimum absolute atomic E-state index is 0.102. The smallest absolute Gasteiger partial charge is 0.243 e. The third-order valence-corrected chi connectivity index (χ3v) is 10.2. The Balaban J connectivity index is 1.28. The van der Waals surface area contributed by atoms with Gasteiger partial charge in [0.2, 0.25) is 16.8 Å². The molecule has 2 saturated heterocycles. The summed E-state index contributed by atoms with van der Waals surface area (Å²) in [4.78, 5) is 2.86. The number of fused-ring (bicyclic) bond motifs is 2. The predicted molar refractivity (Wildman–Crippen MR) is 146 cm³/mol. The minimum atomic E-state index is -3.58. The topological polar surface area (TPSA) is 68.3 Å². The molecular weight excluding hydrogens is 500 g/mol. The van der Waals surface area contributed by atoms with E-state index in [1.54, 1.807) is 23.5 Å². The van der Waals surface area contributed by atoms with Gasteiger partial charge >= 0.3 is 0 Å². The lowest BCUT2D eigenvalue weighted by atomic mass is 9.74. The van der Waals surface area contributed by atoms with Crippen LogP contribution in [0.25, 0.3) is 11.1 Å². The molecule has 3 aromatic carbocycles. The van der Waals surface area contributed by atoms with Gasteiger partial charge in [0.25, 0.3) is 0 Å². The highest BCUT2D eigenvalue weighted by Crippen LogP contribution is 2.44. The monoisotopic (exact) mass is 534 g/mol. The van der Waals surface area contributed by atoms with Gasteiger partial charge in [0.1, 0.15) is 0 Å². The van der Waals surface area contributed by atoms with Crippen molar-refractivity contribution in [1.29, 1.82) is 0 Å². The number of aryl methyl sites for hydroxylation is 1. The maximum absolute atomic E-state index is 13.7. The summed E-state index contributed by atoms with van der Waals surface area (Å²) >= 11 is 0. The van der Waals surface area contributed by atoms with Crippen LogP contribution in [0.4, 0.5) is 0 Å². The van der Waals surface area contributed by atoms with E-state index in [9.17, 15) is 8.42 Å². The van der Waals surface area contributed by atoms with Crippen LogP contribution in [0.2, 0.25) is 0 Å². The number of nitrogens with zero attached hydrogens (tertiary/aromatic N) is 2. The maximum Gasteiger partial charge on any atom is 0.243 e. The van der Waals surface area contributed by atoms with Crippen molar-refractivity contribution in [1.82, 2.24) is 9.21 Å². The standard InChI is InChI=1S/C30H34N2O5S/c1-21-7-3-4-8-29(21)38(33,34)31-15-5-6-16-32-25(18-31)30(26(32)19-35-2)23-11-9-22(10-12-23)24-13-14-27-28(17-24)37-20-36-27/h3-4,7-14,17,25-26,30H,5-6,15-16,18-20H2,1-2H3/t25?,26-,30+/m1/s1. The molecule has 6 rings (SSSR count). The van der Waals surface area contributed by atoms with Gasteiger partial charge in [0.05, 0.1) is 11.5 Å². The number of ether oxygens (including phenoxy) is 3. The summed E-state index contributed by atoms with van der Waals surface area (Å²) in [5.41, 5.74) is 4.18. The molecule has 0 radical (unpaired) electrons. The average molecular weight is 535 g/mol. The molecule has 3 heterocycles. The fourth-order valence-corrected chi connectivity index (χ4v) is 7.96. The van der Waals surface area contributed by atoms with E-state index in [-0.39, 0.29) is 24.8 Å². The Labute approximate surface area is 225 Å². The highest BCUT2D eigenvalue weighted by molar-refractivity contribution is 7.89. The quantitative estimate of drug-likeness (QED) is 0.458. The van der Waals surface area contributed by atoms with Crippen LogP contribution in [-0.2, 0) is 14.8 Å². The van der Waals surface area contributed by atoms with Crippen molar-refractivity contribution in [2.24, 2.45) is 0 Å². The molecule has 0 saturated carbocycles. The van der Waals surface area contributed by atoms with E-state index in [2.05, 4.69) is 29.2 Å². The lowest BCUT2D eigenvalue weighted by Crippen LogP contribution is -2.68. The van der Waals surface area contributed by atoms with Gasteiger partial charge in [-0.25, -0.2) is 8.42 Å². The molecule has 200 valence electrons. The molecule has 0 aliphatic carbocycles. The summed E-state index contributed by atoms with van der Waals surface area (Å²) in [6.45, 7) is 4.73. The fraction of sp³-hybridized carbons (Fsp3) is 0.400. The molecule has 3 aliphatic heterocycles. The van der Waals surface area contributed by atoms with Gasteiger partial charge < -0.3 is 14.2 Å². The Hall–Kier alpha value is -2.91. The second kappa shape index (κ2) is 10.3. The van der Waals surface area contributed by atoms with E-state index in [0.29, 0.717) is 24.6 Å². The highest BCUT2D eigenvalue weighted by atomic mass is 32.2. The molecule has 0 aromatic heterocycles. The molecule has 0 N–H and O–H groups in total. The van der Waals surface area contributed by atoms with Crippen molar-refractivity contribution in [3.63, 3.8) is 0 Å². The van der Waals surface area contributed by atoms with E-state index in [1.807, 2.05) is 37.3 Å². The highest BCUT2D eigenvalue weighted by Gasteiger charge is 2.50. The number of sulfonamides is 1. The molecule has 3 aromatic rings. The van der Waals surface area contributed by atoms with Crippen molar-refractivity contribution < 1.29 is 22.6 Å². The van der Waals surface area contributed by atoms with Crippen molar-refractivity contribution in [3.8, 4) is 22.6 Å². The first-order chi connectivity index (χ1) is 18.5. The average Bonchev–Trinajstić information content (AvgIpc) is 3.38. The summed E-state index contributed by atoms with van der Waals surface area (Å²) in [5.74, 6) is 1.73. The van der Waals surface area contributed by atoms with Gasteiger partial charge in [0.15, 0.2) is 11.5 Å². The maximum atomic E-state index is 13.7. The number of hydrogen-bond donors (Lipinski definition) is 0. The Morgan fingerprint density at radius 1 is 0.921 bits per heavy atom. The van der Waals surface area contributed by atoms with Crippen molar-refractivity contribution >= 4 is 10.0 Å². The molecular formula is C30H34N2O5S. The molecule has 38 heavy (non-hydrogen) atoms. The zero-order valence-electron chi connectivity index (χ0n) is 21.9. The van der Waals surface area contributed by atoms with Gasteiger partial charge in [-0.1, -0.05) is 48.5 Å². The first-order valence-corrected chi connectivity index (χ1v) is 14.7. The van der Waals surface area contributed by atoms with Gasteiger partial charge in [-0.3, -0.25) is 4.90 Å². The van der Waals surface area contributed by atoms with Gasteiger partial charge in [-0.15, -0.1) is 0 Å². The number of benzene rings is 3. The summed E-state index contributed by atoms with van der Waals surface area (Å²) in [5, 5.41) is 0. The van der Waals surface area contributed by atoms with Gasteiger partial charge in [0, 0.05) is 38.2 Å². The normalized spacial score (nSPS) is 23.8. The zero-order chi connectivity index (χ0) is 26.3. The molecule has 7 nitrogen and oxygen atoms in total. The Morgan fingerprint density at radius 3 is 2.45 bits per heavy atom. The largest absolute Gasteiger partial charge is 0.454 e. The van der Waals surface area contributed by atoms with E-state index in [0.717, 1.165) is 47.6 Å². The van der Waals surface area contributed by atoms with E-state index in [1.165, 1.54) is 5.56 Å². The van der Waals surface area contributed by atoms with Crippen LogP contribution in [0.1, 0.15) is 29.9 Å². The minimum Gasteiger partial charge on any atom is -0.454 e. The van der Waals surface area contributed by atoms with Crippen molar-refractivity contribution in [2.45, 2.75) is 42.7 Å². The van der Waals surface area contributed by atoms with Crippen LogP contribution in [0.15, 0.2) is 71.6 Å². The Bertz CT molecular complexity index is 1410. The number of methoxy groups -OCH3 is 1. The molecule has 8 heteroatoms. The van der Waals surface area contributed by atoms with Crippen molar-refractivity contribution in [2.75, 3.05) is 40.1 Å². The predicted octanol–water partition coefficient (Wildman–Crippen LogP) is 4.66. The summed E-state index contributed by atoms with van der Waals surface area (Å²) in [6.07, 6.45) is 1.81. The third-order valence-electron chi connectivity index (χ3n) is 8.20. The Morgan fingerprint density at radius 2 is 1.66 bits per heavy atom. The second-order valence-corrected chi connectivity index (χ2v) is 12.3. The van der Waals surface area contributed by atoms with E-state index >= 15 is 0 Å². The zero-order valence-corrected chi connectivity index (χ0v) is 22.7. The summed E-state index contributed by atoms with van der Waals surface area (Å²) < 4.78 is 45.8. The van der Waals surface area contributed by atoms with Crippen LogP contribution in [0.3, 0.4) is 0 Å². The van der Waals surface area contributed by atoms with Crippen LogP contribution in [0.5, 0.6) is 11.5 Å². The van der Waals surface area contributed by atoms with Gasteiger partial charge in [-0.05, 0) is 66.8 Å². The first-order valence-electron chi connectivity index (χ1n) is 13.3. The van der Waals surface area contributed by atoms with E-state index < -0.39 is 10.0 Å². The summed E-state index contributed by atoms with van der Waals surface area (Å²) in [6, 6.07) is 22.3. The van der Waals surface area contributed by atoms with Crippen LogP contribution < -0.4 is 9.47 Å². The number of rotatable bonds is 6. The molecule has 3 atom stereocenters. The van der Waals surface area contributed by atoms with E-state index in [4.69, 9.17) is 14.2 Å². The molecule has 0 amide bonds. The first kappa shape index (κ1) is 25.4. The second-order valence-electron chi connectivity index (χ2n) is 10.4. The lowest BCUT2D eigenvalue weighted by Gasteiger charge is -2.57. The molecule has 2 fully saturated rings. The van der Waals surface area contributed by atoms with Crippen molar-refractivity contribution in [3.05, 3.63) is 77.9 Å². The Kier molecular flexibility index (Phi) is 6.90. The molecule has 0 bridgehead atoms. The molecule has 0 spiro atoms. The lowest BCUT2D eigenvalue weighted by molar-refractivity contribution is -0.0635. The van der Waals surface area contributed by atoms with Crippen LogP contribution >= 0.6 is 0 Å². The molecule has 1 unspecified atom stereocenters. The number of hydrogen-bond acceptors (Lipinski definition) is 6. The fourth-order valence-electron chi connectivity index (χ4n) is 6.24. The molecule has 3 aliphatic rings. The van der Waals surface area contributed by atoms with Gasteiger partial charge in [-0.2, -0.15) is 4.31 Å². The van der Waals surface area contributed by atoms with Crippen LogP contribution in [0, 0.1) is 6.92 Å². The SMILES string of the molecule is COC[C@@H]1[C@@H](c2ccc(-c3ccc4c(c3)OCO4)cc2)C2CN(S(=O)(=O)c3ccccc3C)CCCCN21. The third kappa shape index (κ3) is 4.49.